The van der Waals surface area contributed by atoms with Crippen LogP contribution in [0.2, 0.25) is 0 Å². The highest BCUT2D eigenvalue weighted by atomic mass is 79.9. The zero-order valence-electron chi connectivity index (χ0n) is 13.4. The Hall–Kier alpha value is -1.43. The van der Waals surface area contributed by atoms with Crippen LogP contribution in [0.15, 0.2) is 22.7 Å². The second-order valence-corrected chi connectivity index (χ2v) is 7.37. The molecular formula is C16H24BrN3O2. The monoisotopic (exact) mass is 369 g/mol. The summed E-state index contributed by atoms with van der Waals surface area (Å²) in [5.74, 6) is 0. The minimum Gasteiger partial charge on any atom is -0.444 e. The van der Waals surface area contributed by atoms with Crippen molar-refractivity contribution in [1.29, 1.82) is 0 Å². The number of hydrogen-bond donors (Lipinski definition) is 1. The Bertz CT molecular complexity index is 543. The fraction of sp³-hybridized carbons (Fsp3) is 0.562. The van der Waals surface area contributed by atoms with Crippen LogP contribution in [0, 0.1) is 0 Å². The van der Waals surface area contributed by atoms with Gasteiger partial charge >= 0.3 is 6.09 Å². The predicted octanol–water partition coefficient (Wildman–Crippen LogP) is 3.48. The zero-order chi connectivity index (χ0) is 16.3. The molecule has 1 aliphatic heterocycles. The lowest BCUT2D eigenvalue weighted by molar-refractivity contribution is 0.0263. The molecular weight excluding hydrogens is 346 g/mol. The van der Waals surface area contributed by atoms with Crippen LogP contribution in [0.3, 0.4) is 0 Å². The molecule has 22 heavy (non-hydrogen) atoms. The standard InChI is InChI=1S/C16H24BrN3O2/c1-16(2,3)22-15(21)20-8-4-7-19(9-10-20)14-6-5-12(18)11-13(14)17/h5-6,11H,4,7-10,18H2,1-3H3. The third kappa shape index (κ3) is 4.53. The van der Waals surface area contributed by atoms with Gasteiger partial charge in [-0.15, -0.1) is 0 Å². The third-order valence-corrected chi connectivity index (χ3v) is 4.10. The van der Waals surface area contributed by atoms with Crippen molar-refractivity contribution in [3.8, 4) is 0 Å². The molecule has 1 heterocycles. The number of carbonyl (C=O) groups is 1. The lowest BCUT2D eigenvalue weighted by Gasteiger charge is -2.27. The van der Waals surface area contributed by atoms with Gasteiger partial charge in [-0.25, -0.2) is 4.79 Å². The number of ether oxygens (including phenoxy) is 1. The van der Waals surface area contributed by atoms with Gasteiger partial charge in [-0.2, -0.15) is 0 Å². The number of nitrogens with two attached hydrogens (primary N) is 1. The quantitative estimate of drug-likeness (QED) is 0.769. The normalized spacial score (nSPS) is 16.4. The highest BCUT2D eigenvalue weighted by molar-refractivity contribution is 9.10. The molecule has 2 rings (SSSR count). The number of nitrogen functional groups attached to an aromatic ring is 1. The van der Waals surface area contributed by atoms with E-state index in [0.29, 0.717) is 6.54 Å². The molecule has 0 bridgehead atoms. The maximum atomic E-state index is 12.2. The third-order valence-electron chi connectivity index (χ3n) is 3.46. The first-order valence-corrected chi connectivity index (χ1v) is 8.33. The second-order valence-electron chi connectivity index (χ2n) is 6.52. The number of hydrogen-bond acceptors (Lipinski definition) is 4. The van der Waals surface area contributed by atoms with Crippen molar-refractivity contribution >= 4 is 33.4 Å². The van der Waals surface area contributed by atoms with Crippen molar-refractivity contribution in [3.05, 3.63) is 22.7 Å². The Morgan fingerprint density at radius 3 is 2.59 bits per heavy atom. The van der Waals surface area contributed by atoms with Crippen LogP contribution >= 0.6 is 15.9 Å². The van der Waals surface area contributed by atoms with Crippen LogP contribution in [-0.2, 0) is 4.74 Å². The van der Waals surface area contributed by atoms with Gasteiger partial charge in [0.15, 0.2) is 0 Å². The molecule has 1 fully saturated rings. The molecule has 122 valence electrons. The van der Waals surface area contributed by atoms with Crippen molar-refractivity contribution in [2.45, 2.75) is 32.8 Å². The summed E-state index contributed by atoms with van der Waals surface area (Å²) < 4.78 is 6.44. The van der Waals surface area contributed by atoms with Crippen LogP contribution in [0.4, 0.5) is 16.2 Å². The zero-order valence-corrected chi connectivity index (χ0v) is 15.0. The molecule has 1 amide bonds. The molecule has 6 heteroatoms. The van der Waals surface area contributed by atoms with E-state index in [4.69, 9.17) is 10.5 Å². The number of carbonyl (C=O) groups excluding carboxylic acids is 1. The maximum absolute atomic E-state index is 12.2. The van der Waals surface area contributed by atoms with Gasteiger partial charge in [0.2, 0.25) is 0 Å². The van der Waals surface area contributed by atoms with E-state index in [1.807, 2.05) is 39.0 Å². The lowest BCUT2D eigenvalue weighted by atomic mass is 10.2. The molecule has 2 N–H and O–H groups in total. The highest BCUT2D eigenvalue weighted by Gasteiger charge is 2.24. The molecule has 0 aromatic heterocycles. The number of amides is 1. The van der Waals surface area contributed by atoms with Crippen molar-refractivity contribution in [2.24, 2.45) is 0 Å². The molecule has 0 unspecified atom stereocenters. The molecule has 1 aromatic carbocycles. The van der Waals surface area contributed by atoms with E-state index in [-0.39, 0.29) is 6.09 Å². The van der Waals surface area contributed by atoms with Gasteiger partial charge in [0.25, 0.3) is 0 Å². The summed E-state index contributed by atoms with van der Waals surface area (Å²) in [7, 11) is 0. The van der Waals surface area contributed by atoms with E-state index < -0.39 is 5.60 Å². The Balaban J connectivity index is 2.02. The lowest BCUT2D eigenvalue weighted by Crippen LogP contribution is -2.39. The average molecular weight is 370 g/mol. The Morgan fingerprint density at radius 2 is 1.95 bits per heavy atom. The first-order valence-electron chi connectivity index (χ1n) is 7.54. The minimum atomic E-state index is -0.455. The number of anilines is 2. The molecule has 0 spiro atoms. The van der Waals surface area contributed by atoms with Gasteiger partial charge in [0.1, 0.15) is 5.60 Å². The van der Waals surface area contributed by atoms with Gasteiger partial charge in [-0.05, 0) is 61.3 Å². The van der Waals surface area contributed by atoms with E-state index in [1.54, 1.807) is 4.90 Å². The molecule has 0 aliphatic carbocycles. The van der Waals surface area contributed by atoms with Crippen LogP contribution in [0.1, 0.15) is 27.2 Å². The molecule has 0 saturated carbocycles. The first-order chi connectivity index (χ1) is 10.3. The van der Waals surface area contributed by atoms with E-state index in [2.05, 4.69) is 20.8 Å². The van der Waals surface area contributed by atoms with Gasteiger partial charge in [-0.3, -0.25) is 0 Å². The molecule has 1 saturated heterocycles. The SMILES string of the molecule is CC(C)(C)OC(=O)N1CCCN(c2ccc(N)cc2Br)CC1. The summed E-state index contributed by atoms with van der Waals surface area (Å²) in [5.41, 5.74) is 7.18. The van der Waals surface area contributed by atoms with Crippen molar-refractivity contribution in [2.75, 3.05) is 36.8 Å². The molecule has 1 aliphatic rings. The Labute approximate surface area is 140 Å². The molecule has 1 aromatic rings. The Morgan fingerprint density at radius 1 is 1.23 bits per heavy atom. The summed E-state index contributed by atoms with van der Waals surface area (Å²) in [6.45, 7) is 8.73. The topological polar surface area (TPSA) is 58.8 Å². The summed E-state index contributed by atoms with van der Waals surface area (Å²) in [6.07, 6.45) is 0.682. The summed E-state index contributed by atoms with van der Waals surface area (Å²) in [4.78, 5) is 16.2. The van der Waals surface area contributed by atoms with Crippen LogP contribution < -0.4 is 10.6 Å². The van der Waals surface area contributed by atoms with Gasteiger partial charge in [-0.1, -0.05) is 0 Å². The summed E-state index contributed by atoms with van der Waals surface area (Å²) in [6, 6.07) is 5.82. The smallest absolute Gasteiger partial charge is 0.410 e. The van der Waals surface area contributed by atoms with Gasteiger partial charge in [0.05, 0.1) is 5.69 Å². The highest BCUT2D eigenvalue weighted by Crippen LogP contribution is 2.29. The summed E-state index contributed by atoms with van der Waals surface area (Å²) in [5, 5.41) is 0. The van der Waals surface area contributed by atoms with Crippen molar-refractivity contribution in [1.82, 2.24) is 4.90 Å². The average Bonchev–Trinajstić information content (AvgIpc) is 2.62. The van der Waals surface area contributed by atoms with Gasteiger partial charge in [0, 0.05) is 36.3 Å². The fourth-order valence-electron chi connectivity index (χ4n) is 2.45. The van der Waals surface area contributed by atoms with E-state index >= 15 is 0 Å². The van der Waals surface area contributed by atoms with E-state index in [0.717, 1.165) is 41.9 Å². The largest absolute Gasteiger partial charge is 0.444 e. The second kappa shape index (κ2) is 6.77. The fourth-order valence-corrected chi connectivity index (χ4v) is 3.09. The van der Waals surface area contributed by atoms with Crippen LogP contribution in [0.5, 0.6) is 0 Å². The van der Waals surface area contributed by atoms with E-state index in [9.17, 15) is 4.79 Å². The molecule has 0 radical (unpaired) electrons. The molecule has 5 nitrogen and oxygen atoms in total. The van der Waals surface area contributed by atoms with Crippen molar-refractivity contribution in [3.63, 3.8) is 0 Å². The van der Waals surface area contributed by atoms with Gasteiger partial charge < -0.3 is 20.3 Å². The summed E-state index contributed by atoms with van der Waals surface area (Å²) >= 11 is 3.57. The van der Waals surface area contributed by atoms with E-state index in [1.165, 1.54) is 0 Å². The van der Waals surface area contributed by atoms with Crippen LogP contribution in [-0.4, -0.2) is 42.8 Å². The molecule has 0 atom stereocenters. The first kappa shape index (κ1) is 16.9. The van der Waals surface area contributed by atoms with Crippen LogP contribution in [0.25, 0.3) is 0 Å². The number of rotatable bonds is 1. The predicted molar refractivity (Wildman–Crippen MR) is 93.2 cm³/mol. The van der Waals surface area contributed by atoms with Crippen molar-refractivity contribution < 1.29 is 9.53 Å². The maximum Gasteiger partial charge on any atom is 0.410 e. The minimum absolute atomic E-state index is 0.231. The Kier molecular flexibility index (Phi) is 5.21. The number of nitrogens with zero attached hydrogens (tertiary/aromatic N) is 2. The number of halogens is 1. The number of benzene rings is 1.